The third-order valence-corrected chi connectivity index (χ3v) is 4.95. The zero-order valence-electron chi connectivity index (χ0n) is 13.5. The fourth-order valence-electron chi connectivity index (χ4n) is 3.33. The van der Waals surface area contributed by atoms with E-state index in [1.165, 1.54) is 5.56 Å². The van der Waals surface area contributed by atoms with Crippen molar-refractivity contribution in [2.24, 2.45) is 5.92 Å². The van der Waals surface area contributed by atoms with Crippen LogP contribution in [0.5, 0.6) is 0 Å². The van der Waals surface area contributed by atoms with E-state index in [1.54, 1.807) is 0 Å². The molecule has 0 atom stereocenters. The molecule has 0 unspecified atom stereocenters. The van der Waals surface area contributed by atoms with E-state index in [-0.39, 0.29) is 0 Å². The van der Waals surface area contributed by atoms with Crippen molar-refractivity contribution >= 4 is 5.82 Å². The summed E-state index contributed by atoms with van der Waals surface area (Å²) in [7, 11) is 2.18. The number of nitrogens with zero attached hydrogens (tertiary/aromatic N) is 4. The Bertz CT molecular complexity index is 465. The molecule has 1 aromatic heterocycles. The second kappa shape index (κ2) is 7.40. The maximum Gasteiger partial charge on any atom is 0.133 e. The largest absolute Gasteiger partial charge is 0.396 e. The van der Waals surface area contributed by atoms with Crippen molar-refractivity contribution in [2.45, 2.75) is 19.4 Å². The number of anilines is 1. The van der Waals surface area contributed by atoms with Crippen molar-refractivity contribution in [1.29, 1.82) is 0 Å². The predicted octanol–water partition coefficient (Wildman–Crippen LogP) is 0.838. The van der Waals surface area contributed by atoms with Crippen LogP contribution in [0.2, 0.25) is 0 Å². The zero-order chi connectivity index (χ0) is 15.4. The quantitative estimate of drug-likeness (QED) is 0.893. The van der Waals surface area contributed by atoms with Crippen LogP contribution in [0, 0.1) is 12.0 Å². The molecule has 0 aliphatic carbocycles. The van der Waals surface area contributed by atoms with Crippen LogP contribution in [-0.2, 0) is 6.54 Å². The van der Waals surface area contributed by atoms with Gasteiger partial charge in [-0.2, -0.15) is 0 Å². The van der Waals surface area contributed by atoms with Gasteiger partial charge in [-0.3, -0.25) is 4.90 Å². The van der Waals surface area contributed by atoms with E-state index in [0.29, 0.717) is 12.5 Å². The monoisotopic (exact) mass is 303 g/mol. The van der Waals surface area contributed by atoms with Crippen LogP contribution < -0.4 is 4.90 Å². The molecule has 2 aliphatic heterocycles. The van der Waals surface area contributed by atoms with Gasteiger partial charge in [0.05, 0.1) is 0 Å². The van der Waals surface area contributed by atoms with Gasteiger partial charge in [0.25, 0.3) is 0 Å². The van der Waals surface area contributed by atoms with Gasteiger partial charge in [-0.05, 0) is 37.9 Å². The first-order valence-corrected chi connectivity index (χ1v) is 8.38. The number of hydrogen-bond donors (Lipinski definition) is 1. The van der Waals surface area contributed by atoms with E-state index in [9.17, 15) is 5.11 Å². The van der Waals surface area contributed by atoms with Crippen molar-refractivity contribution in [3.05, 3.63) is 23.9 Å². The molecule has 5 heteroatoms. The van der Waals surface area contributed by atoms with Crippen LogP contribution in [0.3, 0.4) is 0 Å². The Kier molecular flexibility index (Phi) is 5.28. The van der Waals surface area contributed by atoms with Crippen LogP contribution in [0.15, 0.2) is 12.3 Å². The SMILES string of the molecule is CN1CCN(Cc2[c]ccnc2N2CCC(CO)CC2)CC1. The summed E-state index contributed by atoms with van der Waals surface area (Å²) in [5.41, 5.74) is 1.22. The molecule has 5 nitrogen and oxygen atoms in total. The van der Waals surface area contributed by atoms with Gasteiger partial charge in [0.1, 0.15) is 5.82 Å². The Labute approximate surface area is 133 Å². The van der Waals surface area contributed by atoms with Crippen LogP contribution >= 0.6 is 0 Å². The Morgan fingerprint density at radius 3 is 2.59 bits per heavy atom. The number of piperidine rings is 1. The highest BCUT2D eigenvalue weighted by molar-refractivity contribution is 5.46. The molecule has 0 saturated carbocycles. The third-order valence-electron chi connectivity index (χ3n) is 4.95. The second-order valence-electron chi connectivity index (χ2n) is 6.58. The molecule has 1 radical (unpaired) electrons. The predicted molar refractivity (Wildman–Crippen MR) is 87.9 cm³/mol. The molecule has 0 bridgehead atoms. The molecular weight excluding hydrogens is 276 g/mol. The van der Waals surface area contributed by atoms with Gasteiger partial charge < -0.3 is 14.9 Å². The number of rotatable bonds is 4. The number of likely N-dealkylation sites (N-methyl/N-ethyl adjacent to an activating group) is 1. The number of piperazine rings is 1. The van der Waals surface area contributed by atoms with Gasteiger partial charge in [0.2, 0.25) is 0 Å². The van der Waals surface area contributed by atoms with Crippen molar-refractivity contribution < 1.29 is 5.11 Å². The Balaban J connectivity index is 1.65. The average molecular weight is 303 g/mol. The van der Waals surface area contributed by atoms with E-state index < -0.39 is 0 Å². The molecule has 121 valence electrons. The number of aliphatic hydroxyl groups excluding tert-OH is 1. The zero-order valence-corrected chi connectivity index (χ0v) is 13.5. The molecule has 1 N–H and O–H groups in total. The summed E-state index contributed by atoms with van der Waals surface area (Å²) >= 11 is 0. The maximum absolute atomic E-state index is 9.29. The maximum atomic E-state index is 9.29. The second-order valence-corrected chi connectivity index (χ2v) is 6.58. The van der Waals surface area contributed by atoms with Gasteiger partial charge in [0.15, 0.2) is 0 Å². The van der Waals surface area contributed by atoms with E-state index in [2.05, 4.69) is 32.8 Å². The highest BCUT2D eigenvalue weighted by atomic mass is 16.3. The minimum absolute atomic E-state index is 0.316. The first kappa shape index (κ1) is 15.7. The van der Waals surface area contributed by atoms with Crippen LogP contribution in [-0.4, -0.2) is 72.8 Å². The normalized spacial score (nSPS) is 22.2. The smallest absolute Gasteiger partial charge is 0.133 e. The van der Waals surface area contributed by atoms with Gasteiger partial charge in [-0.1, -0.05) is 0 Å². The van der Waals surface area contributed by atoms with Crippen LogP contribution in [0.4, 0.5) is 5.82 Å². The lowest BCUT2D eigenvalue weighted by Crippen LogP contribution is -2.44. The van der Waals surface area contributed by atoms with E-state index in [1.807, 2.05) is 12.3 Å². The standard InChI is InChI=1S/C17H27N4O/c1-19-9-11-20(12-10-19)13-16-3-2-6-18-17(16)21-7-4-15(14-22)5-8-21/h2,6,15,22H,4-5,7-14H2,1H3. The van der Waals surface area contributed by atoms with E-state index >= 15 is 0 Å². The van der Waals surface area contributed by atoms with E-state index in [4.69, 9.17) is 0 Å². The number of aliphatic hydroxyl groups is 1. The topological polar surface area (TPSA) is 42.8 Å². The lowest BCUT2D eigenvalue weighted by Gasteiger charge is -2.35. The van der Waals surface area contributed by atoms with E-state index in [0.717, 1.165) is 64.5 Å². The molecule has 2 fully saturated rings. The summed E-state index contributed by atoms with van der Waals surface area (Å²) < 4.78 is 0. The molecule has 0 amide bonds. The highest BCUT2D eigenvalue weighted by Crippen LogP contribution is 2.25. The van der Waals surface area contributed by atoms with Gasteiger partial charge in [0, 0.05) is 64.2 Å². The van der Waals surface area contributed by atoms with Gasteiger partial charge in [-0.25, -0.2) is 4.98 Å². The molecule has 0 aromatic carbocycles. The fraction of sp³-hybridized carbons (Fsp3) is 0.706. The minimum Gasteiger partial charge on any atom is -0.396 e. The minimum atomic E-state index is 0.316. The number of pyridine rings is 1. The summed E-state index contributed by atoms with van der Waals surface area (Å²) in [6.45, 7) is 7.75. The van der Waals surface area contributed by atoms with Crippen molar-refractivity contribution in [2.75, 3.05) is 57.8 Å². The van der Waals surface area contributed by atoms with Crippen molar-refractivity contribution in [1.82, 2.24) is 14.8 Å². The molecular formula is C17H27N4O. The molecule has 1 aromatic rings. The average Bonchev–Trinajstić information content (AvgIpc) is 2.58. The summed E-state index contributed by atoms with van der Waals surface area (Å²) in [4.78, 5) is 11.9. The summed E-state index contributed by atoms with van der Waals surface area (Å²) in [6.07, 6.45) is 3.96. The van der Waals surface area contributed by atoms with Gasteiger partial charge in [-0.15, -0.1) is 0 Å². The Morgan fingerprint density at radius 1 is 1.18 bits per heavy atom. The molecule has 3 heterocycles. The molecule has 22 heavy (non-hydrogen) atoms. The lowest BCUT2D eigenvalue weighted by atomic mass is 9.97. The third kappa shape index (κ3) is 3.77. The van der Waals surface area contributed by atoms with Gasteiger partial charge >= 0.3 is 0 Å². The fourth-order valence-corrected chi connectivity index (χ4v) is 3.33. The lowest BCUT2D eigenvalue weighted by molar-refractivity contribution is 0.148. The van der Waals surface area contributed by atoms with Crippen molar-refractivity contribution in [3.63, 3.8) is 0 Å². The summed E-state index contributed by atoms with van der Waals surface area (Å²) in [5, 5.41) is 9.29. The Morgan fingerprint density at radius 2 is 1.91 bits per heavy atom. The summed E-state index contributed by atoms with van der Waals surface area (Å²) in [6, 6.07) is 5.34. The molecule has 0 spiro atoms. The van der Waals surface area contributed by atoms with Crippen molar-refractivity contribution in [3.8, 4) is 0 Å². The Hall–Kier alpha value is -1.17. The van der Waals surface area contributed by atoms with Crippen LogP contribution in [0.25, 0.3) is 0 Å². The number of hydrogen-bond acceptors (Lipinski definition) is 5. The molecule has 2 aliphatic rings. The van der Waals surface area contributed by atoms with Crippen LogP contribution in [0.1, 0.15) is 18.4 Å². The first-order chi connectivity index (χ1) is 10.8. The number of aromatic nitrogens is 1. The highest BCUT2D eigenvalue weighted by Gasteiger charge is 2.22. The first-order valence-electron chi connectivity index (χ1n) is 8.38. The molecule has 3 rings (SSSR count). The molecule has 2 saturated heterocycles. The summed E-state index contributed by atoms with van der Waals surface area (Å²) in [5.74, 6) is 1.56.